The largest absolute Gasteiger partial charge is 0.310 e. The maximum absolute atomic E-state index is 6.44. The third-order valence-electron chi connectivity index (χ3n) is 4.23. The first-order chi connectivity index (χ1) is 8.61. The minimum atomic E-state index is 0.423. The standard InChI is InChI=1S/C16H24ClN/c1-4-18-16(10-13-6-5-7-13)14-8-11(2)12(3)9-15(14)17/h8-9,13,16,18H,4-7,10H2,1-3H3. The van der Waals surface area contributed by atoms with Crippen LogP contribution in [0.15, 0.2) is 12.1 Å². The van der Waals surface area contributed by atoms with E-state index in [-0.39, 0.29) is 0 Å². The second kappa shape index (κ2) is 6.08. The molecule has 1 aliphatic rings. The lowest BCUT2D eigenvalue weighted by Crippen LogP contribution is -2.26. The van der Waals surface area contributed by atoms with E-state index in [4.69, 9.17) is 11.6 Å². The fraction of sp³-hybridized carbons (Fsp3) is 0.625. The molecule has 0 aliphatic heterocycles. The maximum Gasteiger partial charge on any atom is 0.0456 e. The fourth-order valence-corrected chi connectivity index (χ4v) is 3.05. The third-order valence-corrected chi connectivity index (χ3v) is 4.56. The Morgan fingerprint density at radius 3 is 2.50 bits per heavy atom. The van der Waals surface area contributed by atoms with Gasteiger partial charge >= 0.3 is 0 Å². The zero-order valence-corrected chi connectivity index (χ0v) is 12.5. The van der Waals surface area contributed by atoms with E-state index in [2.05, 4.69) is 38.2 Å². The summed E-state index contributed by atoms with van der Waals surface area (Å²) in [6.45, 7) is 7.46. The molecule has 2 rings (SSSR count). The van der Waals surface area contributed by atoms with Gasteiger partial charge in [0.25, 0.3) is 0 Å². The summed E-state index contributed by atoms with van der Waals surface area (Å²) >= 11 is 6.44. The Bertz CT molecular complexity index is 410. The van der Waals surface area contributed by atoms with Gasteiger partial charge in [0, 0.05) is 11.1 Å². The molecule has 1 unspecified atom stereocenters. The predicted octanol–water partition coefficient (Wildman–Crippen LogP) is 4.80. The molecule has 2 heteroatoms. The summed E-state index contributed by atoms with van der Waals surface area (Å²) in [4.78, 5) is 0. The van der Waals surface area contributed by atoms with Crippen LogP contribution in [0.4, 0.5) is 0 Å². The summed E-state index contributed by atoms with van der Waals surface area (Å²) in [5.41, 5.74) is 3.90. The van der Waals surface area contributed by atoms with Gasteiger partial charge in [0.1, 0.15) is 0 Å². The van der Waals surface area contributed by atoms with Crippen LogP contribution in [0.2, 0.25) is 5.02 Å². The number of benzene rings is 1. The number of hydrogen-bond acceptors (Lipinski definition) is 1. The van der Waals surface area contributed by atoms with Crippen LogP contribution in [0.1, 0.15) is 55.3 Å². The highest BCUT2D eigenvalue weighted by Crippen LogP contribution is 2.37. The third kappa shape index (κ3) is 3.07. The van der Waals surface area contributed by atoms with E-state index in [1.54, 1.807) is 0 Å². The molecule has 0 saturated heterocycles. The Morgan fingerprint density at radius 2 is 1.94 bits per heavy atom. The molecule has 0 heterocycles. The quantitative estimate of drug-likeness (QED) is 0.807. The SMILES string of the molecule is CCNC(CC1CCC1)c1cc(C)c(C)cc1Cl. The van der Waals surface area contributed by atoms with Crippen molar-refractivity contribution in [3.8, 4) is 0 Å². The summed E-state index contributed by atoms with van der Waals surface area (Å²) in [6.07, 6.45) is 5.43. The molecule has 100 valence electrons. The molecule has 1 N–H and O–H groups in total. The highest BCUT2D eigenvalue weighted by molar-refractivity contribution is 6.31. The lowest BCUT2D eigenvalue weighted by molar-refractivity contribution is 0.262. The normalized spacial score (nSPS) is 17.6. The van der Waals surface area contributed by atoms with Gasteiger partial charge in [-0.1, -0.05) is 43.9 Å². The molecular formula is C16H24ClN. The first-order valence-corrected chi connectivity index (χ1v) is 7.49. The van der Waals surface area contributed by atoms with Crippen molar-refractivity contribution in [2.45, 2.75) is 52.5 Å². The Balaban J connectivity index is 2.20. The van der Waals surface area contributed by atoms with Crippen LogP contribution in [0, 0.1) is 19.8 Å². The molecule has 0 bridgehead atoms. The molecule has 1 atom stereocenters. The van der Waals surface area contributed by atoms with Crippen molar-refractivity contribution in [3.63, 3.8) is 0 Å². The van der Waals surface area contributed by atoms with Crippen LogP contribution in [-0.4, -0.2) is 6.54 Å². The molecule has 1 aromatic rings. The second-order valence-electron chi connectivity index (χ2n) is 5.60. The Morgan fingerprint density at radius 1 is 1.28 bits per heavy atom. The number of rotatable bonds is 5. The van der Waals surface area contributed by atoms with Crippen molar-refractivity contribution in [2.75, 3.05) is 6.54 Å². The van der Waals surface area contributed by atoms with Crippen molar-refractivity contribution in [1.82, 2.24) is 5.32 Å². The monoisotopic (exact) mass is 265 g/mol. The fourth-order valence-electron chi connectivity index (χ4n) is 2.70. The predicted molar refractivity (Wildman–Crippen MR) is 79.3 cm³/mol. The van der Waals surface area contributed by atoms with E-state index in [1.165, 1.54) is 42.4 Å². The van der Waals surface area contributed by atoms with Gasteiger partial charge in [-0.15, -0.1) is 0 Å². The van der Waals surface area contributed by atoms with Gasteiger partial charge in [-0.25, -0.2) is 0 Å². The summed E-state index contributed by atoms with van der Waals surface area (Å²) in [5.74, 6) is 0.895. The topological polar surface area (TPSA) is 12.0 Å². The molecule has 1 nitrogen and oxygen atoms in total. The molecule has 0 aromatic heterocycles. The van der Waals surface area contributed by atoms with Crippen molar-refractivity contribution >= 4 is 11.6 Å². The zero-order valence-electron chi connectivity index (χ0n) is 11.7. The van der Waals surface area contributed by atoms with Crippen LogP contribution in [0.25, 0.3) is 0 Å². The zero-order chi connectivity index (χ0) is 13.1. The Hall–Kier alpha value is -0.530. The van der Waals surface area contributed by atoms with Gasteiger partial charge in [0.15, 0.2) is 0 Å². The maximum atomic E-state index is 6.44. The number of aryl methyl sites for hydroxylation is 2. The van der Waals surface area contributed by atoms with Crippen LogP contribution in [0.5, 0.6) is 0 Å². The number of halogens is 1. The van der Waals surface area contributed by atoms with E-state index in [1.807, 2.05) is 0 Å². The van der Waals surface area contributed by atoms with Crippen molar-refractivity contribution in [1.29, 1.82) is 0 Å². The van der Waals surface area contributed by atoms with Gasteiger partial charge in [-0.3, -0.25) is 0 Å². The first-order valence-electron chi connectivity index (χ1n) is 7.11. The van der Waals surface area contributed by atoms with Crippen LogP contribution < -0.4 is 5.32 Å². The summed E-state index contributed by atoms with van der Waals surface area (Å²) in [7, 11) is 0. The second-order valence-corrected chi connectivity index (χ2v) is 6.01. The molecule has 18 heavy (non-hydrogen) atoms. The minimum absolute atomic E-state index is 0.423. The van der Waals surface area contributed by atoms with Gasteiger partial charge in [0.2, 0.25) is 0 Å². The number of nitrogens with one attached hydrogen (secondary N) is 1. The minimum Gasteiger partial charge on any atom is -0.310 e. The van der Waals surface area contributed by atoms with Gasteiger partial charge < -0.3 is 5.32 Å². The summed E-state index contributed by atoms with van der Waals surface area (Å²) in [6, 6.07) is 4.80. The smallest absolute Gasteiger partial charge is 0.0456 e. The van der Waals surface area contributed by atoms with Crippen LogP contribution in [-0.2, 0) is 0 Å². The molecule has 1 saturated carbocycles. The molecule has 0 spiro atoms. The van der Waals surface area contributed by atoms with E-state index >= 15 is 0 Å². The Kier molecular flexibility index (Phi) is 4.69. The average molecular weight is 266 g/mol. The lowest BCUT2D eigenvalue weighted by Gasteiger charge is -2.31. The molecule has 0 radical (unpaired) electrons. The van der Waals surface area contributed by atoms with E-state index in [9.17, 15) is 0 Å². The molecule has 0 amide bonds. The van der Waals surface area contributed by atoms with E-state index < -0.39 is 0 Å². The molecule has 1 aliphatic carbocycles. The molecule has 1 fully saturated rings. The Labute approximate surface area is 116 Å². The van der Waals surface area contributed by atoms with Crippen LogP contribution >= 0.6 is 11.6 Å². The first kappa shape index (κ1) is 13.9. The molecule has 1 aromatic carbocycles. The summed E-state index contributed by atoms with van der Waals surface area (Å²) < 4.78 is 0. The number of hydrogen-bond donors (Lipinski definition) is 1. The highest BCUT2D eigenvalue weighted by atomic mass is 35.5. The highest BCUT2D eigenvalue weighted by Gasteiger charge is 2.24. The molecular weight excluding hydrogens is 242 g/mol. The van der Waals surface area contributed by atoms with Gasteiger partial charge in [-0.05, 0) is 55.5 Å². The average Bonchev–Trinajstić information content (AvgIpc) is 2.27. The van der Waals surface area contributed by atoms with Crippen molar-refractivity contribution < 1.29 is 0 Å². The van der Waals surface area contributed by atoms with Crippen molar-refractivity contribution in [2.24, 2.45) is 5.92 Å². The van der Waals surface area contributed by atoms with Gasteiger partial charge in [-0.2, -0.15) is 0 Å². The van der Waals surface area contributed by atoms with Gasteiger partial charge in [0.05, 0.1) is 0 Å². The van der Waals surface area contributed by atoms with Crippen molar-refractivity contribution in [3.05, 3.63) is 33.8 Å². The summed E-state index contributed by atoms with van der Waals surface area (Å²) in [5, 5.41) is 4.52. The lowest BCUT2D eigenvalue weighted by atomic mass is 9.79. The van der Waals surface area contributed by atoms with E-state index in [0.717, 1.165) is 17.5 Å². The van der Waals surface area contributed by atoms with E-state index in [0.29, 0.717) is 6.04 Å². The van der Waals surface area contributed by atoms with Crippen LogP contribution in [0.3, 0.4) is 0 Å².